The highest BCUT2D eigenvalue weighted by molar-refractivity contribution is 7.98. The molecule has 0 bridgehead atoms. The van der Waals surface area contributed by atoms with Gasteiger partial charge in [-0.1, -0.05) is 40.9 Å². The van der Waals surface area contributed by atoms with Gasteiger partial charge in [-0.2, -0.15) is 11.8 Å². The highest BCUT2D eigenvalue weighted by Crippen LogP contribution is 2.34. The van der Waals surface area contributed by atoms with Crippen LogP contribution in [0, 0.1) is 0 Å². The van der Waals surface area contributed by atoms with Gasteiger partial charge in [-0.3, -0.25) is 4.79 Å². The summed E-state index contributed by atoms with van der Waals surface area (Å²) in [5.41, 5.74) is 6.27. The van der Waals surface area contributed by atoms with Gasteiger partial charge in [0.1, 0.15) is 6.04 Å². The highest BCUT2D eigenvalue weighted by Gasteiger charge is 2.12. The predicted molar refractivity (Wildman–Crippen MR) is 77.9 cm³/mol. The molecule has 18 heavy (non-hydrogen) atoms. The number of aliphatic carboxylic acids is 1. The molecule has 0 amide bonds. The van der Waals surface area contributed by atoms with Gasteiger partial charge in [0.05, 0.1) is 15.1 Å². The van der Waals surface area contributed by atoms with E-state index in [1.807, 2.05) is 0 Å². The van der Waals surface area contributed by atoms with Crippen molar-refractivity contribution in [2.75, 3.05) is 5.75 Å². The summed E-state index contributed by atoms with van der Waals surface area (Å²) in [6, 6.07) is 2.68. The molecule has 3 nitrogen and oxygen atoms in total. The zero-order chi connectivity index (χ0) is 13.7. The van der Waals surface area contributed by atoms with Crippen molar-refractivity contribution in [3.8, 4) is 0 Å². The van der Waals surface area contributed by atoms with Gasteiger partial charge in [0, 0.05) is 5.75 Å². The Hall–Kier alpha value is -0.130. The van der Waals surface area contributed by atoms with Crippen LogP contribution >= 0.6 is 46.6 Å². The Kier molecular flexibility index (Phi) is 6.60. The number of benzene rings is 1. The van der Waals surface area contributed by atoms with E-state index < -0.39 is 12.0 Å². The first-order valence-electron chi connectivity index (χ1n) is 5.12. The Bertz CT molecular complexity index is 443. The fourth-order valence-corrected chi connectivity index (χ4v) is 2.92. The Morgan fingerprint density at radius 3 is 2.61 bits per heavy atom. The van der Waals surface area contributed by atoms with Crippen molar-refractivity contribution in [3.63, 3.8) is 0 Å². The number of hydrogen-bond donors (Lipinski definition) is 2. The first kappa shape index (κ1) is 15.9. The van der Waals surface area contributed by atoms with Gasteiger partial charge in [0.2, 0.25) is 0 Å². The normalized spacial score (nSPS) is 12.4. The summed E-state index contributed by atoms with van der Waals surface area (Å²) in [4.78, 5) is 10.5. The van der Waals surface area contributed by atoms with Gasteiger partial charge in [0.25, 0.3) is 0 Å². The number of carboxylic acid groups (broad SMARTS) is 1. The minimum absolute atomic E-state index is 0.346. The Morgan fingerprint density at radius 1 is 1.33 bits per heavy atom. The number of carbonyl (C=O) groups is 1. The van der Waals surface area contributed by atoms with Crippen LogP contribution in [-0.4, -0.2) is 22.9 Å². The SMILES string of the molecule is NC(CCSCc1ccc(Cl)c(Cl)c1Cl)C(=O)O. The summed E-state index contributed by atoms with van der Waals surface area (Å²) < 4.78 is 0. The second kappa shape index (κ2) is 7.46. The van der Waals surface area contributed by atoms with E-state index in [1.54, 1.807) is 23.9 Å². The van der Waals surface area contributed by atoms with E-state index in [1.165, 1.54) is 0 Å². The van der Waals surface area contributed by atoms with Crippen LogP contribution in [0.2, 0.25) is 15.1 Å². The molecule has 1 rings (SSSR count). The van der Waals surface area contributed by atoms with Crippen LogP contribution in [0.3, 0.4) is 0 Å². The van der Waals surface area contributed by atoms with Crippen LogP contribution in [0.4, 0.5) is 0 Å². The molecule has 1 atom stereocenters. The Balaban J connectivity index is 2.45. The maximum absolute atomic E-state index is 10.5. The van der Waals surface area contributed by atoms with E-state index in [0.29, 0.717) is 33.0 Å². The summed E-state index contributed by atoms with van der Waals surface area (Å²) in [6.45, 7) is 0. The molecule has 3 N–H and O–H groups in total. The number of halogens is 3. The molecule has 0 aliphatic carbocycles. The number of thioether (sulfide) groups is 1. The molecule has 0 spiro atoms. The molecule has 0 aromatic heterocycles. The monoisotopic (exact) mass is 327 g/mol. The molecule has 100 valence electrons. The molecule has 1 unspecified atom stereocenters. The van der Waals surface area contributed by atoms with Crippen molar-refractivity contribution in [1.29, 1.82) is 0 Å². The summed E-state index contributed by atoms with van der Waals surface area (Å²) in [6.07, 6.45) is 0.416. The number of hydrogen-bond acceptors (Lipinski definition) is 3. The lowest BCUT2D eigenvalue weighted by atomic mass is 10.2. The van der Waals surface area contributed by atoms with Gasteiger partial charge in [-0.15, -0.1) is 0 Å². The first-order chi connectivity index (χ1) is 8.43. The van der Waals surface area contributed by atoms with E-state index >= 15 is 0 Å². The standard InChI is InChI=1S/C11H12Cl3NO2S/c12-7-2-1-6(9(13)10(7)14)5-18-4-3-8(15)11(16)17/h1-2,8H,3-5,15H2,(H,16,17). The average Bonchev–Trinajstić information content (AvgIpc) is 2.33. The van der Waals surface area contributed by atoms with Crippen LogP contribution in [0.15, 0.2) is 12.1 Å². The maximum Gasteiger partial charge on any atom is 0.320 e. The molecule has 0 saturated heterocycles. The van der Waals surface area contributed by atoms with Gasteiger partial charge in [-0.05, 0) is 23.8 Å². The zero-order valence-electron chi connectivity index (χ0n) is 9.33. The first-order valence-corrected chi connectivity index (χ1v) is 7.41. The van der Waals surface area contributed by atoms with Crippen molar-refractivity contribution in [2.24, 2.45) is 5.73 Å². The van der Waals surface area contributed by atoms with Crippen LogP contribution in [0.1, 0.15) is 12.0 Å². The predicted octanol–water partition coefficient (Wildman–Crippen LogP) is 3.68. The molecule has 0 heterocycles. The average molecular weight is 329 g/mol. The Labute approximate surface area is 125 Å². The van der Waals surface area contributed by atoms with E-state index in [0.717, 1.165) is 5.56 Å². The summed E-state index contributed by atoms with van der Waals surface area (Å²) >= 11 is 19.3. The molecule has 0 saturated carbocycles. The molecule has 1 aromatic rings. The third kappa shape index (κ3) is 4.52. The van der Waals surface area contributed by atoms with Crippen molar-refractivity contribution in [3.05, 3.63) is 32.8 Å². The van der Waals surface area contributed by atoms with Crippen molar-refractivity contribution in [2.45, 2.75) is 18.2 Å². The van der Waals surface area contributed by atoms with Crippen molar-refractivity contribution < 1.29 is 9.90 Å². The fraction of sp³-hybridized carbons (Fsp3) is 0.364. The van der Waals surface area contributed by atoms with E-state index in [9.17, 15) is 4.79 Å². The van der Waals surface area contributed by atoms with Crippen LogP contribution in [0.5, 0.6) is 0 Å². The molecular formula is C11H12Cl3NO2S. The minimum Gasteiger partial charge on any atom is -0.480 e. The fourth-order valence-electron chi connectivity index (χ4n) is 1.19. The molecule has 0 fully saturated rings. The topological polar surface area (TPSA) is 63.3 Å². The van der Waals surface area contributed by atoms with Gasteiger partial charge in [-0.25, -0.2) is 0 Å². The van der Waals surface area contributed by atoms with Gasteiger partial charge >= 0.3 is 5.97 Å². The quantitative estimate of drug-likeness (QED) is 0.617. The lowest BCUT2D eigenvalue weighted by Gasteiger charge is -2.08. The van der Waals surface area contributed by atoms with Crippen LogP contribution in [0.25, 0.3) is 0 Å². The summed E-state index contributed by atoms with van der Waals surface area (Å²) in [5.74, 6) is 0.301. The molecule has 7 heteroatoms. The molecule has 0 aliphatic heterocycles. The smallest absolute Gasteiger partial charge is 0.320 e. The van der Waals surface area contributed by atoms with Crippen molar-refractivity contribution >= 4 is 52.5 Å². The number of nitrogens with two attached hydrogens (primary N) is 1. The molecule has 0 radical (unpaired) electrons. The largest absolute Gasteiger partial charge is 0.480 e. The van der Waals surface area contributed by atoms with Crippen LogP contribution in [-0.2, 0) is 10.5 Å². The van der Waals surface area contributed by atoms with E-state index in [-0.39, 0.29) is 0 Å². The summed E-state index contributed by atoms with van der Waals surface area (Å²) in [7, 11) is 0. The van der Waals surface area contributed by atoms with E-state index in [2.05, 4.69) is 0 Å². The highest BCUT2D eigenvalue weighted by atomic mass is 35.5. The second-order valence-corrected chi connectivity index (χ2v) is 5.89. The van der Waals surface area contributed by atoms with Crippen molar-refractivity contribution in [1.82, 2.24) is 0 Å². The van der Waals surface area contributed by atoms with E-state index in [4.69, 9.17) is 45.6 Å². The van der Waals surface area contributed by atoms with Gasteiger partial charge < -0.3 is 10.8 Å². The third-order valence-corrected chi connectivity index (χ3v) is 4.64. The Morgan fingerprint density at radius 2 is 2.00 bits per heavy atom. The third-order valence-electron chi connectivity index (χ3n) is 2.26. The van der Waals surface area contributed by atoms with Crippen LogP contribution < -0.4 is 5.73 Å². The molecular weight excluding hydrogens is 317 g/mol. The van der Waals surface area contributed by atoms with Gasteiger partial charge in [0.15, 0.2) is 0 Å². The lowest BCUT2D eigenvalue weighted by Crippen LogP contribution is -2.30. The zero-order valence-corrected chi connectivity index (χ0v) is 12.4. The maximum atomic E-state index is 10.5. The lowest BCUT2D eigenvalue weighted by molar-refractivity contribution is -0.138. The molecule has 1 aromatic carbocycles. The minimum atomic E-state index is -0.983. The second-order valence-electron chi connectivity index (χ2n) is 3.62. The number of carboxylic acids is 1. The summed E-state index contributed by atoms with van der Waals surface area (Å²) in [5, 5.41) is 9.83. The number of rotatable bonds is 6. The molecule has 0 aliphatic rings.